The van der Waals surface area contributed by atoms with Gasteiger partial charge in [-0.15, -0.1) is 0 Å². The highest BCUT2D eigenvalue weighted by molar-refractivity contribution is 6.23. The number of ketones is 1. The number of nitrogens with one attached hydrogen (secondary N) is 1. The molecule has 0 unspecified atom stereocenters. The van der Waals surface area contributed by atoms with Crippen molar-refractivity contribution in [2.24, 2.45) is 0 Å². The van der Waals surface area contributed by atoms with Crippen molar-refractivity contribution in [2.45, 2.75) is 12.8 Å². The Morgan fingerprint density at radius 1 is 1.00 bits per heavy atom. The molecule has 1 aromatic heterocycles. The molecule has 1 heterocycles. The molecule has 4 aromatic rings. The van der Waals surface area contributed by atoms with Crippen LogP contribution in [0.2, 0.25) is 0 Å². The third-order valence-electron chi connectivity index (χ3n) is 5.85. The lowest BCUT2D eigenvalue weighted by molar-refractivity contribution is -0.114. The summed E-state index contributed by atoms with van der Waals surface area (Å²) in [6.07, 6.45) is 4.31. The number of rotatable bonds is 4. The van der Waals surface area contributed by atoms with Crippen LogP contribution >= 0.6 is 0 Å². The fourth-order valence-corrected chi connectivity index (χ4v) is 4.27. The summed E-state index contributed by atoms with van der Waals surface area (Å²) in [5.41, 5.74) is 1.68. The van der Waals surface area contributed by atoms with E-state index < -0.39 is 5.91 Å². The molecule has 5 rings (SSSR count). The van der Waals surface area contributed by atoms with E-state index in [1.165, 1.54) is 18.2 Å². The number of carbonyl (C=O) groups is 2. The first-order valence-electron chi connectivity index (χ1n) is 10.3. The number of amides is 1. The average molecular weight is 445 g/mol. The fourth-order valence-electron chi connectivity index (χ4n) is 4.27. The number of carbonyl (C=O) groups excluding carboxylic acids is 2. The number of benzene rings is 3. The molecule has 0 aliphatic heterocycles. The van der Waals surface area contributed by atoms with Crippen molar-refractivity contribution < 1.29 is 34.4 Å². The van der Waals surface area contributed by atoms with E-state index in [2.05, 4.69) is 5.32 Å². The number of fused-ring (bicyclic) bond motifs is 4. The molecule has 0 fully saturated rings. The second-order valence-corrected chi connectivity index (χ2v) is 7.91. The molecule has 0 saturated heterocycles. The largest absolute Gasteiger partial charge is 0.508 e. The van der Waals surface area contributed by atoms with E-state index in [1.54, 1.807) is 24.3 Å². The molecule has 1 amide bonds. The van der Waals surface area contributed by atoms with Gasteiger partial charge in [0.1, 0.15) is 28.9 Å². The second-order valence-electron chi connectivity index (χ2n) is 7.91. The Hall–Kier alpha value is -4.46. The predicted octanol–water partition coefficient (Wildman–Crippen LogP) is 3.52. The van der Waals surface area contributed by atoms with Gasteiger partial charge in [0.05, 0.1) is 5.56 Å². The van der Waals surface area contributed by atoms with Crippen LogP contribution in [0.3, 0.4) is 0 Å². The van der Waals surface area contributed by atoms with E-state index >= 15 is 0 Å². The maximum atomic E-state index is 13.2. The van der Waals surface area contributed by atoms with Gasteiger partial charge in [0.25, 0.3) is 5.91 Å². The molecule has 0 saturated carbocycles. The minimum absolute atomic E-state index is 0.0187. The number of allylic oxidation sites excluding steroid dienone is 1. The summed E-state index contributed by atoms with van der Waals surface area (Å²) >= 11 is 0. The first-order chi connectivity index (χ1) is 15.8. The number of hydrogen-bond acceptors (Lipinski definition) is 7. The Labute approximate surface area is 187 Å². The van der Waals surface area contributed by atoms with Gasteiger partial charge in [-0.25, -0.2) is 0 Å². The molecule has 0 atom stereocenters. The fraction of sp³-hybridized carbons (Fsp3) is 0.120. The van der Waals surface area contributed by atoms with E-state index in [1.807, 2.05) is 0 Å². The predicted molar refractivity (Wildman–Crippen MR) is 121 cm³/mol. The maximum Gasteiger partial charge on any atom is 0.255 e. The summed E-state index contributed by atoms with van der Waals surface area (Å²) in [7, 11) is 0. The molecule has 0 radical (unpaired) electrons. The Kier molecular flexibility index (Phi) is 4.70. The van der Waals surface area contributed by atoms with Crippen LogP contribution in [0, 0.1) is 0 Å². The van der Waals surface area contributed by atoms with Crippen molar-refractivity contribution in [2.75, 3.05) is 6.54 Å². The first-order valence-corrected chi connectivity index (χ1v) is 10.3. The second kappa shape index (κ2) is 7.59. The van der Waals surface area contributed by atoms with Crippen molar-refractivity contribution in [3.05, 3.63) is 64.9 Å². The molecule has 166 valence electrons. The van der Waals surface area contributed by atoms with Crippen LogP contribution < -0.4 is 5.32 Å². The highest BCUT2D eigenvalue weighted by atomic mass is 16.4. The quantitative estimate of drug-likeness (QED) is 0.324. The van der Waals surface area contributed by atoms with Gasteiger partial charge in [-0.1, -0.05) is 18.2 Å². The minimum Gasteiger partial charge on any atom is -0.508 e. The number of phenolic OH excluding ortho intramolecular Hbond substituents is 3. The van der Waals surface area contributed by atoms with Crippen LogP contribution in [0.25, 0.3) is 27.8 Å². The summed E-state index contributed by atoms with van der Waals surface area (Å²) < 4.78 is 5.42. The molecular weight excluding hydrogens is 426 g/mol. The number of hydrogen-bond donors (Lipinski definition) is 5. The third-order valence-corrected chi connectivity index (χ3v) is 5.85. The van der Waals surface area contributed by atoms with Gasteiger partial charge >= 0.3 is 0 Å². The van der Waals surface area contributed by atoms with E-state index in [0.29, 0.717) is 17.5 Å². The Balaban J connectivity index is 1.63. The average Bonchev–Trinajstić information content (AvgIpc) is 3.17. The van der Waals surface area contributed by atoms with E-state index in [0.717, 1.165) is 11.8 Å². The standard InChI is InChI=1S/C25H19NO7/c27-13-3-1-12(2-4-13)7-8-26-25(32)21-17-10-18(29)16-9-14(28)5-6-15(16)20(17)23(31)22-19(30)11-33-24(21)22/h1-6,10-11,27,29-31H,7-9H2,(H,26,32). The van der Waals surface area contributed by atoms with Crippen LogP contribution in [-0.4, -0.2) is 38.7 Å². The summed E-state index contributed by atoms with van der Waals surface area (Å²) in [4.78, 5) is 25.1. The zero-order valence-corrected chi connectivity index (χ0v) is 17.3. The summed E-state index contributed by atoms with van der Waals surface area (Å²) in [5, 5.41) is 44.5. The molecule has 8 heteroatoms. The van der Waals surface area contributed by atoms with Gasteiger partial charge in [0, 0.05) is 29.3 Å². The van der Waals surface area contributed by atoms with Gasteiger partial charge < -0.3 is 30.2 Å². The number of phenols is 3. The Bertz CT molecular complexity index is 1480. The third kappa shape index (κ3) is 3.32. The lowest BCUT2D eigenvalue weighted by Gasteiger charge is -2.18. The van der Waals surface area contributed by atoms with Gasteiger partial charge in [-0.2, -0.15) is 0 Å². The van der Waals surface area contributed by atoms with E-state index in [9.17, 15) is 30.0 Å². The van der Waals surface area contributed by atoms with Crippen molar-refractivity contribution in [3.8, 4) is 23.0 Å². The Morgan fingerprint density at radius 3 is 2.52 bits per heavy atom. The first kappa shape index (κ1) is 20.4. The van der Waals surface area contributed by atoms with Crippen LogP contribution in [0.4, 0.5) is 0 Å². The summed E-state index contributed by atoms with van der Waals surface area (Å²) in [6.45, 7) is 0.269. The van der Waals surface area contributed by atoms with Crippen LogP contribution in [-0.2, 0) is 17.6 Å². The number of furan rings is 1. The lowest BCUT2D eigenvalue weighted by atomic mass is 9.87. The monoisotopic (exact) mass is 445 g/mol. The molecule has 1 aliphatic carbocycles. The van der Waals surface area contributed by atoms with Crippen molar-refractivity contribution in [3.63, 3.8) is 0 Å². The van der Waals surface area contributed by atoms with Crippen molar-refractivity contribution >= 4 is 39.5 Å². The van der Waals surface area contributed by atoms with Gasteiger partial charge in [-0.3, -0.25) is 9.59 Å². The maximum absolute atomic E-state index is 13.2. The zero-order valence-electron chi connectivity index (χ0n) is 17.3. The lowest BCUT2D eigenvalue weighted by Crippen LogP contribution is -2.26. The van der Waals surface area contributed by atoms with Crippen LogP contribution in [0.1, 0.15) is 27.0 Å². The van der Waals surface area contributed by atoms with Crippen molar-refractivity contribution in [1.29, 1.82) is 0 Å². The molecule has 8 nitrogen and oxygen atoms in total. The highest BCUT2D eigenvalue weighted by Gasteiger charge is 2.28. The topological polar surface area (TPSA) is 140 Å². The molecular formula is C25H19NO7. The highest BCUT2D eigenvalue weighted by Crippen LogP contribution is 2.47. The minimum atomic E-state index is -0.520. The molecule has 33 heavy (non-hydrogen) atoms. The Morgan fingerprint density at radius 2 is 1.76 bits per heavy atom. The van der Waals surface area contributed by atoms with Gasteiger partial charge in [0.15, 0.2) is 17.1 Å². The van der Waals surface area contributed by atoms with Crippen LogP contribution in [0.15, 0.2) is 47.1 Å². The molecule has 0 spiro atoms. The molecule has 5 N–H and O–H groups in total. The SMILES string of the molecule is O=C1C=Cc2c(c(O)cc3c(C(=O)NCCc4ccc(O)cc4)c4occ(O)c4c(O)c23)C1. The number of aromatic hydroxyl groups is 4. The summed E-state index contributed by atoms with van der Waals surface area (Å²) in [5.74, 6) is -1.38. The molecule has 0 bridgehead atoms. The summed E-state index contributed by atoms with van der Waals surface area (Å²) in [6, 6.07) is 7.94. The van der Waals surface area contributed by atoms with E-state index in [4.69, 9.17) is 4.42 Å². The smallest absolute Gasteiger partial charge is 0.255 e. The zero-order chi connectivity index (χ0) is 23.3. The van der Waals surface area contributed by atoms with Crippen LogP contribution in [0.5, 0.6) is 23.0 Å². The van der Waals surface area contributed by atoms with Gasteiger partial charge in [0.2, 0.25) is 0 Å². The van der Waals surface area contributed by atoms with Crippen molar-refractivity contribution in [1.82, 2.24) is 5.32 Å². The normalized spacial score (nSPS) is 12.9. The van der Waals surface area contributed by atoms with E-state index in [-0.39, 0.29) is 69.1 Å². The molecule has 1 aliphatic rings. The van der Waals surface area contributed by atoms with Gasteiger partial charge in [-0.05, 0) is 41.8 Å². The molecule has 3 aromatic carbocycles.